The summed E-state index contributed by atoms with van der Waals surface area (Å²) in [7, 11) is 2.07. The van der Waals surface area contributed by atoms with Crippen molar-refractivity contribution in [2.45, 2.75) is 33.1 Å². The molecular formula is C24H29N5O2S2. The molecule has 1 fully saturated rings. The van der Waals surface area contributed by atoms with Crippen molar-refractivity contribution >= 4 is 34.5 Å². The second-order valence-electron chi connectivity index (χ2n) is 8.43. The van der Waals surface area contributed by atoms with E-state index in [4.69, 9.17) is 10.7 Å². The Hall–Kier alpha value is -2.62. The van der Waals surface area contributed by atoms with Crippen molar-refractivity contribution in [3.8, 4) is 10.6 Å². The predicted octanol–water partition coefficient (Wildman–Crippen LogP) is 3.60. The zero-order valence-corrected chi connectivity index (χ0v) is 20.9. The molecule has 3 heterocycles. The molecule has 0 aliphatic carbocycles. The topological polar surface area (TPSA) is 92.4 Å². The lowest BCUT2D eigenvalue weighted by atomic mass is 9.98. The fourth-order valence-corrected chi connectivity index (χ4v) is 5.86. The van der Waals surface area contributed by atoms with Gasteiger partial charge in [0.2, 0.25) is 5.91 Å². The molecule has 0 spiro atoms. The van der Waals surface area contributed by atoms with Crippen molar-refractivity contribution in [2.24, 2.45) is 5.73 Å². The number of hydrogen-bond acceptors (Lipinski definition) is 7. The van der Waals surface area contributed by atoms with Crippen molar-refractivity contribution in [1.29, 1.82) is 0 Å². The van der Waals surface area contributed by atoms with Gasteiger partial charge in [-0.2, -0.15) is 0 Å². The summed E-state index contributed by atoms with van der Waals surface area (Å²) in [5.74, 6) is -0.415. The van der Waals surface area contributed by atoms with Gasteiger partial charge in [0.15, 0.2) is 5.01 Å². The molecule has 0 bridgehead atoms. The normalized spacial score (nSPS) is 14.6. The van der Waals surface area contributed by atoms with Crippen LogP contribution in [0.3, 0.4) is 0 Å². The van der Waals surface area contributed by atoms with Crippen molar-refractivity contribution in [3.05, 3.63) is 56.0 Å². The molecule has 1 saturated heterocycles. The van der Waals surface area contributed by atoms with Crippen LogP contribution in [-0.4, -0.2) is 64.8 Å². The number of likely N-dealkylation sites (N-methyl/N-ethyl adjacent to an activating group) is 1. The van der Waals surface area contributed by atoms with Gasteiger partial charge < -0.3 is 15.5 Å². The lowest BCUT2D eigenvalue weighted by Crippen LogP contribution is -2.47. The van der Waals surface area contributed by atoms with Crippen LogP contribution in [0.1, 0.15) is 55.3 Å². The maximum atomic E-state index is 12.9. The highest BCUT2D eigenvalue weighted by molar-refractivity contribution is 7.17. The molecule has 0 saturated carbocycles. The number of carbonyl (C=O) groups is 2. The molecule has 9 heteroatoms. The molecule has 0 radical (unpaired) electrons. The summed E-state index contributed by atoms with van der Waals surface area (Å²) in [6, 6.07) is 5.68. The van der Waals surface area contributed by atoms with Crippen LogP contribution in [0.15, 0.2) is 23.6 Å². The number of amides is 2. The molecule has 33 heavy (non-hydrogen) atoms. The lowest BCUT2D eigenvalue weighted by molar-refractivity contribution is 0.0663. The first-order valence-electron chi connectivity index (χ1n) is 11.2. The molecule has 1 aromatic carbocycles. The fraction of sp³-hybridized carbons (Fsp3) is 0.417. The second-order valence-corrected chi connectivity index (χ2v) is 10.4. The second kappa shape index (κ2) is 10.1. The van der Waals surface area contributed by atoms with Gasteiger partial charge in [-0.1, -0.05) is 19.4 Å². The molecule has 2 aromatic heterocycles. The summed E-state index contributed by atoms with van der Waals surface area (Å²) in [4.78, 5) is 39.1. The van der Waals surface area contributed by atoms with Crippen LogP contribution in [0.5, 0.6) is 0 Å². The molecule has 2 amide bonds. The Bertz CT molecular complexity index is 1160. The average molecular weight is 484 g/mol. The van der Waals surface area contributed by atoms with Crippen LogP contribution < -0.4 is 5.73 Å². The van der Waals surface area contributed by atoms with Crippen LogP contribution in [0.25, 0.3) is 10.6 Å². The average Bonchev–Trinajstić information content (AvgIpc) is 3.41. The third kappa shape index (κ3) is 5.31. The molecule has 4 rings (SSSR count). The molecule has 1 aliphatic heterocycles. The molecule has 2 N–H and O–H groups in total. The number of rotatable bonds is 7. The summed E-state index contributed by atoms with van der Waals surface area (Å²) < 4.78 is 0. The van der Waals surface area contributed by atoms with Gasteiger partial charge in [0.05, 0.1) is 21.3 Å². The number of hydrogen-bond donors (Lipinski definition) is 1. The summed E-state index contributed by atoms with van der Waals surface area (Å²) >= 11 is 3.01. The van der Waals surface area contributed by atoms with Gasteiger partial charge in [0.1, 0.15) is 0 Å². The van der Waals surface area contributed by atoms with E-state index in [1.54, 1.807) is 17.4 Å². The Morgan fingerprint density at radius 1 is 1.12 bits per heavy atom. The highest BCUT2D eigenvalue weighted by Crippen LogP contribution is 2.32. The number of aromatic nitrogens is 2. The molecular weight excluding hydrogens is 454 g/mol. The number of nitrogens with two attached hydrogens (primary N) is 1. The Morgan fingerprint density at radius 2 is 1.88 bits per heavy atom. The first-order valence-corrected chi connectivity index (χ1v) is 12.9. The number of carbonyl (C=O) groups excluding carboxylic acids is 2. The van der Waals surface area contributed by atoms with Gasteiger partial charge in [0.25, 0.3) is 5.91 Å². The Balaban J connectivity index is 1.54. The minimum Gasteiger partial charge on any atom is -0.366 e. The molecule has 174 valence electrons. The maximum absolute atomic E-state index is 12.9. The quantitative estimate of drug-likeness (QED) is 0.554. The van der Waals surface area contributed by atoms with E-state index in [0.29, 0.717) is 17.0 Å². The molecule has 0 atom stereocenters. The molecule has 1 aliphatic rings. The summed E-state index contributed by atoms with van der Waals surface area (Å²) in [5.41, 5.74) is 10.00. The monoisotopic (exact) mass is 483 g/mol. The first kappa shape index (κ1) is 23.5. The number of primary amides is 1. The number of nitrogens with zero attached hydrogens (tertiary/aromatic N) is 4. The lowest BCUT2D eigenvalue weighted by Gasteiger charge is -2.31. The van der Waals surface area contributed by atoms with Crippen molar-refractivity contribution in [2.75, 3.05) is 33.2 Å². The van der Waals surface area contributed by atoms with E-state index in [1.165, 1.54) is 16.9 Å². The third-order valence-corrected chi connectivity index (χ3v) is 7.92. The Kier molecular flexibility index (Phi) is 7.21. The minimum atomic E-state index is -0.419. The Morgan fingerprint density at radius 3 is 2.58 bits per heavy atom. The van der Waals surface area contributed by atoms with Gasteiger partial charge in [0, 0.05) is 43.5 Å². The highest BCUT2D eigenvalue weighted by atomic mass is 32.1. The first-order chi connectivity index (χ1) is 15.9. The van der Waals surface area contributed by atoms with E-state index < -0.39 is 5.91 Å². The number of benzene rings is 1. The van der Waals surface area contributed by atoms with Crippen molar-refractivity contribution in [1.82, 2.24) is 19.8 Å². The van der Waals surface area contributed by atoms with E-state index in [0.717, 1.165) is 65.9 Å². The van der Waals surface area contributed by atoms with E-state index in [2.05, 4.69) is 23.9 Å². The zero-order valence-electron chi connectivity index (χ0n) is 19.3. The number of piperazine rings is 1. The fourth-order valence-electron chi connectivity index (χ4n) is 3.99. The van der Waals surface area contributed by atoms with Gasteiger partial charge in [-0.15, -0.1) is 22.7 Å². The van der Waals surface area contributed by atoms with Crippen molar-refractivity contribution in [3.63, 3.8) is 0 Å². The van der Waals surface area contributed by atoms with Gasteiger partial charge in [-0.25, -0.2) is 9.97 Å². The maximum Gasteiger partial charge on any atom is 0.282 e. The van der Waals surface area contributed by atoms with Crippen LogP contribution in [0.4, 0.5) is 0 Å². The van der Waals surface area contributed by atoms with E-state index in [-0.39, 0.29) is 5.91 Å². The molecule has 7 nitrogen and oxygen atoms in total. The summed E-state index contributed by atoms with van der Waals surface area (Å²) in [6.07, 6.45) is 2.61. The van der Waals surface area contributed by atoms with Crippen LogP contribution in [0.2, 0.25) is 0 Å². The number of thiazole rings is 2. The highest BCUT2D eigenvalue weighted by Gasteiger charge is 2.25. The number of aryl methyl sites for hydroxylation is 2. The largest absolute Gasteiger partial charge is 0.366 e. The zero-order chi connectivity index (χ0) is 23.5. The molecule has 3 aromatic rings. The van der Waals surface area contributed by atoms with Crippen LogP contribution in [-0.2, 0) is 12.8 Å². The smallest absolute Gasteiger partial charge is 0.282 e. The van der Waals surface area contributed by atoms with Gasteiger partial charge in [-0.3, -0.25) is 9.59 Å². The SMILES string of the molecule is CCCc1ccc(C(N)=O)cc1Cc1nc(-c2sc(C(=O)N3CCN(C)CC3)nc2C)cs1. The van der Waals surface area contributed by atoms with E-state index in [1.807, 2.05) is 29.3 Å². The van der Waals surface area contributed by atoms with Crippen molar-refractivity contribution < 1.29 is 9.59 Å². The Labute approximate surface area is 202 Å². The summed E-state index contributed by atoms with van der Waals surface area (Å²) in [6.45, 7) is 7.30. The molecule has 0 unspecified atom stereocenters. The standard InChI is InChI=1S/C24H29N5O2S2/c1-4-5-16-6-7-17(22(25)30)12-18(16)13-20-27-19(14-32-20)21-15(2)26-23(33-21)24(31)29-10-8-28(3)9-11-29/h6-7,12,14H,4-5,8-11,13H2,1-3H3,(H2,25,30). The van der Waals surface area contributed by atoms with E-state index >= 15 is 0 Å². The van der Waals surface area contributed by atoms with Crippen LogP contribution >= 0.6 is 22.7 Å². The minimum absolute atomic E-state index is 0.00498. The predicted molar refractivity (Wildman–Crippen MR) is 133 cm³/mol. The third-order valence-electron chi connectivity index (χ3n) is 5.91. The van der Waals surface area contributed by atoms with E-state index in [9.17, 15) is 9.59 Å². The summed E-state index contributed by atoms with van der Waals surface area (Å²) in [5, 5.41) is 3.52. The van der Waals surface area contributed by atoms with Crippen LogP contribution in [0, 0.1) is 6.92 Å². The van der Waals surface area contributed by atoms with Gasteiger partial charge in [-0.05, 0) is 43.7 Å². The van der Waals surface area contributed by atoms with Gasteiger partial charge >= 0.3 is 0 Å².